The maximum absolute atomic E-state index is 14.5. The van der Waals surface area contributed by atoms with Gasteiger partial charge in [0.25, 0.3) is 10.0 Å². The number of hydrogen-bond donors (Lipinski definition) is 1. The van der Waals surface area contributed by atoms with Gasteiger partial charge >= 0.3 is 0 Å². The first-order chi connectivity index (χ1) is 21.6. The summed E-state index contributed by atoms with van der Waals surface area (Å²) in [4.78, 5) is 29.8. The fourth-order valence-corrected chi connectivity index (χ4v) is 6.40. The molecule has 0 aliphatic rings. The van der Waals surface area contributed by atoms with Crippen molar-refractivity contribution in [1.82, 2.24) is 10.2 Å². The third-order valence-electron chi connectivity index (χ3n) is 7.49. The van der Waals surface area contributed by atoms with Crippen molar-refractivity contribution in [3.05, 3.63) is 125 Å². The number of nitrogens with one attached hydrogen (secondary N) is 1. The van der Waals surface area contributed by atoms with Crippen molar-refractivity contribution in [3.63, 3.8) is 0 Å². The summed E-state index contributed by atoms with van der Waals surface area (Å²) in [6, 6.07) is 30.0. The Bertz CT molecular complexity index is 1670. The van der Waals surface area contributed by atoms with Crippen molar-refractivity contribution < 1.29 is 22.7 Å². The molecule has 4 rings (SSSR count). The van der Waals surface area contributed by atoms with Crippen molar-refractivity contribution >= 4 is 39.1 Å². The average Bonchev–Trinajstić information content (AvgIpc) is 3.05. The van der Waals surface area contributed by atoms with Crippen molar-refractivity contribution in [2.45, 2.75) is 50.2 Å². The molecule has 0 aliphatic carbocycles. The summed E-state index contributed by atoms with van der Waals surface area (Å²) in [6.45, 7) is 3.40. The van der Waals surface area contributed by atoms with Crippen LogP contribution in [0.3, 0.4) is 0 Å². The van der Waals surface area contributed by atoms with E-state index in [4.69, 9.17) is 16.3 Å². The van der Waals surface area contributed by atoms with Crippen LogP contribution in [0.15, 0.2) is 114 Å². The number of carbonyl (C=O) groups is 2. The van der Waals surface area contributed by atoms with Crippen LogP contribution in [0, 0.1) is 0 Å². The number of amides is 2. The first-order valence-electron chi connectivity index (χ1n) is 14.7. The number of halogens is 1. The molecule has 4 aromatic carbocycles. The van der Waals surface area contributed by atoms with Crippen molar-refractivity contribution in [1.29, 1.82) is 0 Å². The van der Waals surface area contributed by atoms with Crippen molar-refractivity contribution in [2.24, 2.45) is 0 Å². The van der Waals surface area contributed by atoms with Crippen LogP contribution in [0.4, 0.5) is 5.69 Å². The van der Waals surface area contributed by atoms with E-state index in [0.29, 0.717) is 17.2 Å². The quantitative estimate of drug-likeness (QED) is 0.179. The van der Waals surface area contributed by atoms with E-state index in [0.717, 1.165) is 15.4 Å². The molecular weight excluding hydrogens is 610 g/mol. The lowest BCUT2D eigenvalue weighted by Crippen LogP contribution is -2.54. The zero-order valence-corrected chi connectivity index (χ0v) is 27.2. The fraction of sp³-hybridized carbons (Fsp3) is 0.257. The van der Waals surface area contributed by atoms with Crippen LogP contribution in [0.1, 0.15) is 31.4 Å². The van der Waals surface area contributed by atoms with Crippen LogP contribution >= 0.6 is 11.6 Å². The molecule has 0 radical (unpaired) electrons. The predicted octanol–water partition coefficient (Wildman–Crippen LogP) is 6.10. The molecule has 0 fully saturated rings. The van der Waals surface area contributed by atoms with Gasteiger partial charge in [0.15, 0.2) is 0 Å². The summed E-state index contributed by atoms with van der Waals surface area (Å²) in [5.41, 5.74) is 1.88. The summed E-state index contributed by atoms with van der Waals surface area (Å²) >= 11 is 6.29. The number of anilines is 1. The average molecular weight is 648 g/mol. The molecule has 0 bridgehead atoms. The minimum atomic E-state index is -4.25. The lowest BCUT2D eigenvalue weighted by Gasteiger charge is -2.34. The standard InChI is InChI=1S/C35H38ClN3O5S/c1-4-26(2)37-35(41)33(22-27-12-7-5-8-13-27)38(24-28-14-9-6-10-15-28)34(40)25-39(30-17-11-16-29(36)23-30)45(42,43)32-20-18-31(44-3)19-21-32/h5-21,23,26,33H,4,22,24-25H2,1-3H3,(H,37,41)/t26-,33-/m1/s1. The van der Waals surface area contributed by atoms with Crippen LogP contribution in [0.2, 0.25) is 5.02 Å². The van der Waals surface area contributed by atoms with E-state index >= 15 is 0 Å². The Morgan fingerprint density at radius 1 is 0.867 bits per heavy atom. The van der Waals surface area contributed by atoms with Crippen molar-refractivity contribution in [3.8, 4) is 5.75 Å². The van der Waals surface area contributed by atoms with E-state index in [-0.39, 0.29) is 35.5 Å². The molecule has 2 atom stereocenters. The van der Waals surface area contributed by atoms with Gasteiger partial charge in [-0.15, -0.1) is 0 Å². The van der Waals surface area contributed by atoms with Crippen LogP contribution < -0.4 is 14.4 Å². The number of nitrogens with zero attached hydrogens (tertiary/aromatic N) is 2. The molecule has 0 saturated heterocycles. The molecule has 0 unspecified atom stereocenters. The lowest BCUT2D eigenvalue weighted by molar-refractivity contribution is -0.140. The Morgan fingerprint density at radius 3 is 2.07 bits per heavy atom. The van der Waals surface area contributed by atoms with Crippen LogP contribution in [0.5, 0.6) is 5.75 Å². The Hall–Kier alpha value is -4.34. The number of rotatable bonds is 14. The van der Waals surface area contributed by atoms with Gasteiger partial charge in [0.2, 0.25) is 11.8 Å². The summed E-state index contributed by atoms with van der Waals surface area (Å²) < 4.78 is 34.5. The summed E-state index contributed by atoms with van der Waals surface area (Å²) in [5, 5.41) is 3.35. The minimum Gasteiger partial charge on any atom is -0.497 e. The molecule has 8 nitrogen and oxygen atoms in total. The molecule has 10 heteroatoms. The summed E-state index contributed by atoms with van der Waals surface area (Å²) in [5.74, 6) is -0.370. The highest BCUT2D eigenvalue weighted by atomic mass is 35.5. The van der Waals surface area contributed by atoms with E-state index in [1.54, 1.807) is 30.3 Å². The second kappa shape index (κ2) is 15.6. The first kappa shape index (κ1) is 33.6. The highest BCUT2D eigenvalue weighted by Gasteiger charge is 2.35. The molecule has 45 heavy (non-hydrogen) atoms. The molecule has 0 aromatic heterocycles. The number of benzene rings is 4. The fourth-order valence-electron chi connectivity index (χ4n) is 4.81. The maximum atomic E-state index is 14.5. The maximum Gasteiger partial charge on any atom is 0.264 e. The van der Waals surface area contributed by atoms with Crippen LogP contribution in [-0.2, 0) is 32.6 Å². The number of carbonyl (C=O) groups excluding carboxylic acids is 2. The Balaban J connectivity index is 1.79. The number of ether oxygens (including phenoxy) is 1. The number of sulfonamides is 1. The van der Waals surface area contributed by atoms with E-state index in [9.17, 15) is 18.0 Å². The third-order valence-corrected chi connectivity index (χ3v) is 9.51. The molecule has 4 aromatic rings. The number of methoxy groups -OCH3 is 1. The largest absolute Gasteiger partial charge is 0.497 e. The van der Waals surface area contributed by atoms with E-state index < -0.39 is 28.5 Å². The van der Waals surface area contributed by atoms with Crippen molar-refractivity contribution in [2.75, 3.05) is 18.0 Å². The molecule has 0 heterocycles. The SMILES string of the molecule is CC[C@@H](C)NC(=O)[C@@H](Cc1ccccc1)N(Cc1ccccc1)C(=O)CN(c1cccc(Cl)c1)S(=O)(=O)c1ccc(OC)cc1. The van der Waals surface area contributed by atoms with Gasteiger partial charge < -0.3 is 15.0 Å². The second-order valence-electron chi connectivity index (χ2n) is 10.7. The molecule has 0 spiro atoms. The Kier molecular flexibility index (Phi) is 11.6. The van der Waals surface area contributed by atoms with Crippen LogP contribution in [0.25, 0.3) is 0 Å². The number of hydrogen-bond acceptors (Lipinski definition) is 5. The normalized spacial score (nSPS) is 12.5. The van der Waals surface area contributed by atoms with E-state index in [1.807, 2.05) is 74.5 Å². The Morgan fingerprint density at radius 2 is 1.49 bits per heavy atom. The van der Waals surface area contributed by atoms with Gasteiger partial charge in [-0.1, -0.05) is 85.3 Å². The highest BCUT2D eigenvalue weighted by molar-refractivity contribution is 7.92. The lowest BCUT2D eigenvalue weighted by atomic mass is 10.0. The molecule has 2 amide bonds. The minimum absolute atomic E-state index is 0.0268. The summed E-state index contributed by atoms with van der Waals surface area (Å²) in [7, 11) is -2.76. The van der Waals surface area contributed by atoms with E-state index in [1.165, 1.54) is 30.2 Å². The van der Waals surface area contributed by atoms with Gasteiger partial charge in [0.05, 0.1) is 17.7 Å². The highest BCUT2D eigenvalue weighted by Crippen LogP contribution is 2.28. The van der Waals surface area contributed by atoms with E-state index in [2.05, 4.69) is 5.32 Å². The zero-order chi connectivity index (χ0) is 32.4. The topological polar surface area (TPSA) is 96.0 Å². The van der Waals surface area contributed by atoms with Gasteiger partial charge in [-0.3, -0.25) is 13.9 Å². The molecule has 1 N–H and O–H groups in total. The molecule has 0 saturated carbocycles. The predicted molar refractivity (Wildman–Crippen MR) is 178 cm³/mol. The van der Waals surface area contributed by atoms with Gasteiger partial charge in [-0.05, 0) is 66.9 Å². The molecular formula is C35H38ClN3O5S. The first-order valence-corrected chi connectivity index (χ1v) is 16.5. The van der Waals surface area contributed by atoms with Gasteiger partial charge in [0, 0.05) is 24.0 Å². The van der Waals surface area contributed by atoms with Gasteiger partial charge in [-0.25, -0.2) is 8.42 Å². The van der Waals surface area contributed by atoms with Gasteiger partial charge in [-0.2, -0.15) is 0 Å². The van der Waals surface area contributed by atoms with Crippen LogP contribution in [-0.4, -0.2) is 50.9 Å². The zero-order valence-electron chi connectivity index (χ0n) is 25.6. The Labute approximate surface area is 270 Å². The third kappa shape index (κ3) is 8.86. The van der Waals surface area contributed by atoms with Gasteiger partial charge in [0.1, 0.15) is 18.3 Å². The second-order valence-corrected chi connectivity index (χ2v) is 13.0. The smallest absolute Gasteiger partial charge is 0.264 e. The summed E-state index contributed by atoms with van der Waals surface area (Å²) in [6.07, 6.45) is 0.948. The molecule has 236 valence electrons. The monoisotopic (exact) mass is 647 g/mol. The molecule has 0 aliphatic heterocycles.